The molecule has 43 heavy (non-hydrogen) atoms. The number of nitrogens with one attached hydrogen (secondary N) is 3. The number of likely N-dealkylation sites (N-methyl/N-ethyl adjacent to an activating group) is 1. The summed E-state index contributed by atoms with van der Waals surface area (Å²) < 4.78 is 52.7. The highest BCUT2D eigenvalue weighted by Gasteiger charge is 2.30. The fraction of sp³-hybridized carbons (Fsp3) is 0.469. The Morgan fingerprint density at radius 2 is 1.86 bits per heavy atom. The van der Waals surface area contributed by atoms with Gasteiger partial charge in [0.15, 0.2) is 0 Å². The van der Waals surface area contributed by atoms with Gasteiger partial charge in [0.2, 0.25) is 0 Å². The van der Waals surface area contributed by atoms with Crippen molar-refractivity contribution in [3.63, 3.8) is 0 Å². The number of carbonyl (C=O) groups is 1. The number of aromatic nitrogens is 1. The first-order valence-corrected chi connectivity index (χ1v) is 14.4. The molecule has 8 nitrogen and oxygen atoms in total. The van der Waals surface area contributed by atoms with Gasteiger partial charge in [0, 0.05) is 49.4 Å². The number of hydrogen-bond acceptors (Lipinski definition) is 6. The highest BCUT2D eigenvalue weighted by atomic mass is 19.4. The predicted octanol–water partition coefficient (Wildman–Crippen LogP) is 5.34. The fourth-order valence-corrected chi connectivity index (χ4v) is 5.56. The lowest BCUT2D eigenvalue weighted by molar-refractivity contribution is -0.140. The van der Waals surface area contributed by atoms with Crippen molar-refractivity contribution >= 4 is 28.2 Å². The first-order valence-electron chi connectivity index (χ1n) is 14.4. The van der Waals surface area contributed by atoms with Gasteiger partial charge in [-0.25, -0.2) is 0 Å². The Morgan fingerprint density at radius 3 is 2.53 bits per heavy atom. The van der Waals surface area contributed by atoms with Gasteiger partial charge in [-0.05, 0) is 75.0 Å². The van der Waals surface area contributed by atoms with Gasteiger partial charge in [0.25, 0.3) is 5.91 Å². The van der Waals surface area contributed by atoms with E-state index in [2.05, 4.69) is 39.7 Å². The number of alkyl halides is 3. The molecule has 0 aliphatic heterocycles. The van der Waals surface area contributed by atoms with Crippen LogP contribution in [0.2, 0.25) is 0 Å². The molecule has 0 saturated heterocycles. The van der Waals surface area contributed by atoms with Crippen molar-refractivity contribution in [1.82, 2.24) is 14.8 Å². The number of fused-ring (bicyclic) bond motifs is 1. The molecule has 1 heterocycles. The average Bonchev–Trinajstić information content (AvgIpc) is 3.34. The van der Waals surface area contributed by atoms with Gasteiger partial charge < -0.3 is 34.9 Å². The van der Waals surface area contributed by atoms with Gasteiger partial charge in [0.1, 0.15) is 12.3 Å². The molecule has 0 radical (unpaired) electrons. The second-order valence-corrected chi connectivity index (χ2v) is 10.7. The van der Waals surface area contributed by atoms with E-state index in [0.717, 1.165) is 43.3 Å². The number of carbonyl (C=O) groups excluding carboxylic acids is 1. The van der Waals surface area contributed by atoms with Crippen LogP contribution in [-0.2, 0) is 11.3 Å². The Hall–Kier alpha value is -3.88. The number of benzene rings is 2. The number of rotatable bonds is 11. The van der Waals surface area contributed by atoms with Gasteiger partial charge >= 0.3 is 6.18 Å². The summed E-state index contributed by atoms with van der Waals surface area (Å²) in [4.78, 5) is 14.3. The number of methoxy groups -OCH3 is 2. The number of halogens is 3. The van der Waals surface area contributed by atoms with Gasteiger partial charge in [-0.3, -0.25) is 4.79 Å². The van der Waals surface area contributed by atoms with Gasteiger partial charge in [-0.15, -0.1) is 0 Å². The van der Waals surface area contributed by atoms with Gasteiger partial charge in [-0.1, -0.05) is 12.0 Å². The van der Waals surface area contributed by atoms with Crippen LogP contribution in [0.4, 0.5) is 24.5 Å². The van der Waals surface area contributed by atoms with Crippen molar-refractivity contribution in [2.45, 2.75) is 50.5 Å². The SMILES string of the molecule is CNC(=O)c1ccc(NCC#Cc2cc3c(NC4CCC(N(C)CCOC)CC4)cccc3n2CC(F)(F)F)c(OC)c1. The van der Waals surface area contributed by atoms with Crippen LogP contribution in [0.5, 0.6) is 5.75 Å². The van der Waals surface area contributed by atoms with Crippen LogP contribution in [0.15, 0.2) is 42.5 Å². The van der Waals surface area contributed by atoms with E-state index >= 15 is 0 Å². The highest BCUT2D eigenvalue weighted by molar-refractivity contribution is 5.95. The predicted molar refractivity (Wildman–Crippen MR) is 164 cm³/mol. The minimum Gasteiger partial charge on any atom is -0.495 e. The minimum atomic E-state index is -4.41. The highest BCUT2D eigenvalue weighted by Crippen LogP contribution is 2.33. The molecule has 1 amide bonds. The molecule has 0 unspecified atom stereocenters. The van der Waals surface area contributed by atoms with Crippen LogP contribution in [0, 0.1) is 11.8 Å². The van der Waals surface area contributed by atoms with Crippen LogP contribution in [0.1, 0.15) is 41.7 Å². The van der Waals surface area contributed by atoms with Crippen LogP contribution < -0.4 is 20.7 Å². The zero-order valence-electron chi connectivity index (χ0n) is 25.1. The minimum absolute atomic E-state index is 0.163. The zero-order valence-corrected chi connectivity index (χ0v) is 25.1. The summed E-state index contributed by atoms with van der Waals surface area (Å²) in [6.45, 7) is 0.622. The molecule has 1 aliphatic rings. The second kappa shape index (κ2) is 14.5. The summed E-state index contributed by atoms with van der Waals surface area (Å²) in [5, 5.41) is 10.0. The van der Waals surface area contributed by atoms with Crippen molar-refractivity contribution < 1.29 is 27.4 Å². The molecule has 0 bridgehead atoms. The topological polar surface area (TPSA) is 79.8 Å². The fourth-order valence-electron chi connectivity index (χ4n) is 5.56. The van der Waals surface area contributed by atoms with Crippen molar-refractivity contribution in [3.8, 4) is 17.6 Å². The summed E-state index contributed by atoms with van der Waals surface area (Å²) in [5.41, 5.74) is 2.65. The van der Waals surface area contributed by atoms with Crippen LogP contribution in [0.3, 0.4) is 0 Å². The summed E-state index contributed by atoms with van der Waals surface area (Å²) in [6, 6.07) is 12.9. The molecule has 2 aromatic carbocycles. The summed E-state index contributed by atoms with van der Waals surface area (Å²) in [7, 11) is 6.87. The van der Waals surface area contributed by atoms with Crippen LogP contribution >= 0.6 is 0 Å². The van der Waals surface area contributed by atoms with Gasteiger partial charge in [-0.2, -0.15) is 13.2 Å². The van der Waals surface area contributed by atoms with E-state index < -0.39 is 12.7 Å². The Balaban J connectivity index is 1.51. The van der Waals surface area contributed by atoms with Crippen molar-refractivity contribution in [3.05, 3.63) is 53.7 Å². The lowest BCUT2D eigenvalue weighted by atomic mass is 9.90. The van der Waals surface area contributed by atoms with E-state index in [9.17, 15) is 18.0 Å². The standard InChI is InChI=1S/C32H40F3N5O3/c1-36-31(41)22-10-15-28(30(19-22)43-4)37-16-6-7-25-20-26-27(8-5-9-29(26)40(25)21-32(33,34)35)38-23-11-13-24(14-12-23)39(2)17-18-42-3/h5,8-10,15,19-20,23-24,37-38H,11-14,16-18,21H2,1-4H3,(H,36,41). The summed E-state index contributed by atoms with van der Waals surface area (Å²) in [5.74, 6) is 6.11. The zero-order chi connectivity index (χ0) is 31.0. The lowest BCUT2D eigenvalue weighted by Gasteiger charge is -2.35. The van der Waals surface area contributed by atoms with Crippen molar-refractivity contribution in [2.75, 3.05) is 58.6 Å². The third-order valence-corrected chi connectivity index (χ3v) is 7.89. The number of hydrogen-bond donors (Lipinski definition) is 3. The van der Waals surface area contributed by atoms with E-state index in [1.807, 2.05) is 6.07 Å². The first-order chi connectivity index (χ1) is 20.6. The van der Waals surface area contributed by atoms with E-state index in [0.29, 0.717) is 35.2 Å². The number of anilines is 2. The molecule has 0 spiro atoms. The lowest BCUT2D eigenvalue weighted by Crippen LogP contribution is -2.39. The normalized spacial score (nSPS) is 16.9. The molecule has 1 fully saturated rings. The summed E-state index contributed by atoms with van der Waals surface area (Å²) in [6.07, 6.45) is -0.351. The third-order valence-electron chi connectivity index (χ3n) is 7.89. The molecule has 232 valence electrons. The Bertz CT molecular complexity index is 1450. The largest absolute Gasteiger partial charge is 0.495 e. The smallest absolute Gasteiger partial charge is 0.406 e. The monoisotopic (exact) mass is 599 g/mol. The molecular weight excluding hydrogens is 559 g/mol. The molecule has 3 aromatic rings. The van der Waals surface area contributed by atoms with E-state index in [-0.39, 0.29) is 24.2 Å². The maximum Gasteiger partial charge on any atom is 0.406 e. The maximum absolute atomic E-state index is 13.6. The Labute approximate surface area is 250 Å². The Morgan fingerprint density at radius 1 is 1.09 bits per heavy atom. The number of amides is 1. The Kier molecular flexibility index (Phi) is 10.8. The van der Waals surface area contributed by atoms with Crippen molar-refractivity contribution in [1.29, 1.82) is 0 Å². The quantitative estimate of drug-likeness (QED) is 0.259. The molecule has 1 aliphatic carbocycles. The molecule has 11 heteroatoms. The molecule has 1 saturated carbocycles. The average molecular weight is 600 g/mol. The van der Waals surface area contributed by atoms with Crippen LogP contribution in [-0.4, -0.2) is 81.6 Å². The van der Waals surface area contributed by atoms with E-state index in [1.54, 1.807) is 50.6 Å². The van der Waals surface area contributed by atoms with E-state index in [4.69, 9.17) is 9.47 Å². The summed E-state index contributed by atoms with van der Waals surface area (Å²) >= 11 is 0. The van der Waals surface area contributed by atoms with Crippen molar-refractivity contribution in [2.24, 2.45) is 0 Å². The van der Waals surface area contributed by atoms with Crippen LogP contribution in [0.25, 0.3) is 10.9 Å². The second-order valence-electron chi connectivity index (χ2n) is 10.7. The van der Waals surface area contributed by atoms with E-state index in [1.165, 1.54) is 11.7 Å². The molecule has 4 rings (SSSR count). The molecule has 1 aromatic heterocycles. The first kappa shape index (κ1) is 32.0. The molecule has 0 atom stereocenters. The van der Waals surface area contributed by atoms with Gasteiger partial charge in [0.05, 0.1) is 37.2 Å². The molecule has 3 N–H and O–H groups in total. The maximum atomic E-state index is 13.6. The number of ether oxygens (including phenoxy) is 2. The third kappa shape index (κ3) is 8.36. The number of nitrogens with zero attached hydrogens (tertiary/aromatic N) is 2. The molecular formula is C32H40F3N5O3.